The minimum absolute atomic E-state index is 0.00577. The Labute approximate surface area is 178 Å². The highest BCUT2D eigenvalue weighted by molar-refractivity contribution is 9.10. The fraction of sp³-hybridized carbons (Fsp3) is 0.333. The summed E-state index contributed by atoms with van der Waals surface area (Å²) in [7, 11) is 0. The number of benzene rings is 1. The Balaban J connectivity index is 1.59. The third-order valence-corrected chi connectivity index (χ3v) is 5.44. The molecule has 2 aromatic heterocycles. The average Bonchev–Trinajstić information content (AvgIpc) is 3.13. The molecule has 0 spiro atoms. The van der Waals surface area contributed by atoms with Crippen LogP contribution in [0.15, 0.2) is 41.0 Å². The Morgan fingerprint density at radius 2 is 2.17 bits per heavy atom. The molecule has 2 N–H and O–H groups in total. The number of hydrogen-bond acceptors (Lipinski definition) is 6. The highest BCUT2D eigenvalue weighted by Gasteiger charge is 2.24. The van der Waals surface area contributed by atoms with Crippen molar-refractivity contribution in [1.29, 1.82) is 0 Å². The lowest BCUT2D eigenvalue weighted by molar-refractivity contribution is -0.119. The first-order chi connectivity index (χ1) is 14.0. The smallest absolute Gasteiger partial charge is 0.217 e. The molecular formula is C21H23BrN6O. The van der Waals surface area contributed by atoms with Gasteiger partial charge in [-0.05, 0) is 37.1 Å². The van der Waals surface area contributed by atoms with Crippen LogP contribution in [0.5, 0.6) is 0 Å². The number of aromatic nitrogens is 3. The van der Waals surface area contributed by atoms with Crippen molar-refractivity contribution in [3.8, 4) is 0 Å². The van der Waals surface area contributed by atoms with Gasteiger partial charge >= 0.3 is 0 Å². The monoisotopic (exact) mass is 454 g/mol. The zero-order chi connectivity index (χ0) is 20.4. The predicted octanol–water partition coefficient (Wildman–Crippen LogP) is 3.42. The Bertz CT molecular complexity index is 1060. The molecule has 1 unspecified atom stereocenters. The maximum absolute atomic E-state index is 11.3. The van der Waals surface area contributed by atoms with E-state index in [9.17, 15) is 4.79 Å². The minimum Gasteiger partial charge on any atom is -0.365 e. The van der Waals surface area contributed by atoms with Crippen LogP contribution in [-0.4, -0.2) is 40.0 Å². The number of aryl methyl sites for hydroxylation is 1. The second-order valence-electron chi connectivity index (χ2n) is 7.29. The molecule has 1 aliphatic heterocycles. The van der Waals surface area contributed by atoms with Gasteiger partial charge in [-0.15, -0.1) is 0 Å². The number of rotatable bonds is 5. The second kappa shape index (κ2) is 8.32. The number of carbonyl (C=O) groups is 1. The van der Waals surface area contributed by atoms with Crippen LogP contribution < -0.4 is 15.5 Å². The van der Waals surface area contributed by atoms with E-state index in [0.29, 0.717) is 12.4 Å². The lowest BCUT2D eigenvalue weighted by Gasteiger charge is -2.19. The zero-order valence-electron chi connectivity index (χ0n) is 16.4. The van der Waals surface area contributed by atoms with Crippen molar-refractivity contribution in [2.24, 2.45) is 0 Å². The van der Waals surface area contributed by atoms with Gasteiger partial charge < -0.3 is 15.5 Å². The molecule has 29 heavy (non-hydrogen) atoms. The quantitative estimate of drug-likeness (QED) is 0.614. The molecule has 0 radical (unpaired) electrons. The molecule has 4 rings (SSSR count). The van der Waals surface area contributed by atoms with E-state index in [2.05, 4.69) is 58.5 Å². The number of pyridine rings is 1. The predicted molar refractivity (Wildman–Crippen MR) is 118 cm³/mol. The third-order valence-electron chi connectivity index (χ3n) is 4.95. The van der Waals surface area contributed by atoms with Crippen LogP contribution in [0.1, 0.15) is 24.7 Å². The van der Waals surface area contributed by atoms with Crippen molar-refractivity contribution < 1.29 is 4.79 Å². The molecule has 8 heteroatoms. The van der Waals surface area contributed by atoms with E-state index in [-0.39, 0.29) is 11.9 Å². The standard InChI is InChI=1S/C21H23BrN6O/c1-13-25-19-11-23-20(28-7-6-17(12-28)27-14(2)29)9-18(19)21(26-13)24-10-15-4-3-5-16(22)8-15/h3-5,8-9,11,17H,6-7,10,12H2,1-2H3,(H,27,29)(H,24,25,26). The Hall–Kier alpha value is -2.74. The number of hydrogen-bond donors (Lipinski definition) is 2. The van der Waals surface area contributed by atoms with Gasteiger partial charge in [0.2, 0.25) is 5.91 Å². The van der Waals surface area contributed by atoms with Crippen LogP contribution >= 0.6 is 15.9 Å². The third kappa shape index (κ3) is 4.64. The molecule has 7 nitrogen and oxygen atoms in total. The Morgan fingerprint density at radius 3 is 2.97 bits per heavy atom. The normalized spacial score (nSPS) is 16.2. The van der Waals surface area contributed by atoms with E-state index < -0.39 is 0 Å². The van der Waals surface area contributed by atoms with Crippen LogP contribution in [0.4, 0.5) is 11.6 Å². The molecule has 1 atom stereocenters. The van der Waals surface area contributed by atoms with Crippen LogP contribution in [0, 0.1) is 6.92 Å². The number of anilines is 2. The van der Waals surface area contributed by atoms with E-state index in [1.54, 1.807) is 13.1 Å². The van der Waals surface area contributed by atoms with Gasteiger partial charge in [-0.1, -0.05) is 28.1 Å². The fourth-order valence-corrected chi connectivity index (χ4v) is 4.10. The first-order valence-corrected chi connectivity index (χ1v) is 10.4. The van der Waals surface area contributed by atoms with Gasteiger partial charge in [0, 0.05) is 42.5 Å². The van der Waals surface area contributed by atoms with Crippen molar-refractivity contribution in [1.82, 2.24) is 20.3 Å². The molecule has 1 fully saturated rings. The van der Waals surface area contributed by atoms with Crippen molar-refractivity contribution in [3.63, 3.8) is 0 Å². The molecular weight excluding hydrogens is 432 g/mol. The molecule has 1 saturated heterocycles. The molecule has 1 amide bonds. The molecule has 0 bridgehead atoms. The summed E-state index contributed by atoms with van der Waals surface area (Å²) >= 11 is 3.51. The van der Waals surface area contributed by atoms with E-state index in [0.717, 1.165) is 52.1 Å². The number of fused-ring (bicyclic) bond motifs is 1. The van der Waals surface area contributed by atoms with Crippen LogP contribution in [-0.2, 0) is 11.3 Å². The summed E-state index contributed by atoms with van der Waals surface area (Å²) in [4.78, 5) is 27.3. The van der Waals surface area contributed by atoms with Crippen LogP contribution in [0.25, 0.3) is 10.9 Å². The van der Waals surface area contributed by atoms with Crippen LogP contribution in [0.2, 0.25) is 0 Å². The number of nitrogens with zero attached hydrogens (tertiary/aromatic N) is 4. The van der Waals surface area contributed by atoms with E-state index in [4.69, 9.17) is 0 Å². The zero-order valence-corrected chi connectivity index (χ0v) is 18.0. The first kappa shape index (κ1) is 19.6. The lowest BCUT2D eigenvalue weighted by atomic mass is 10.2. The minimum atomic E-state index is 0.00577. The van der Waals surface area contributed by atoms with E-state index in [1.165, 1.54) is 0 Å². The van der Waals surface area contributed by atoms with Crippen LogP contribution in [0.3, 0.4) is 0 Å². The molecule has 3 heterocycles. The lowest BCUT2D eigenvalue weighted by Crippen LogP contribution is -2.35. The SMILES string of the molecule is CC(=O)NC1CCN(c2cc3c(NCc4cccc(Br)c4)nc(C)nc3cn2)C1. The van der Waals surface area contributed by atoms with Gasteiger partial charge in [0.25, 0.3) is 0 Å². The van der Waals surface area contributed by atoms with Gasteiger partial charge in [-0.25, -0.2) is 15.0 Å². The van der Waals surface area contributed by atoms with Gasteiger partial charge in [0.1, 0.15) is 17.5 Å². The molecule has 1 aliphatic rings. The summed E-state index contributed by atoms with van der Waals surface area (Å²) in [6, 6.07) is 10.4. The summed E-state index contributed by atoms with van der Waals surface area (Å²) in [6.45, 7) is 5.72. The Morgan fingerprint density at radius 1 is 1.31 bits per heavy atom. The molecule has 150 valence electrons. The van der Waals surface area contributed by atoms with E-state index in [1.807, 2.05) is 25.1 Å². The summed E-state index contributed by atoms with van der Waals surface area (Å²) in [5.41, 5.74) is 1.98. The van der Waals surface area contributed by atoms with Crippen molar-refractivity contribution in [3.05, 3.63) is 52.4 Å². The number of amides is 1. The van der Waals surface area contributed by atoms with Crippen molar-refractivity contribution in [2.45, 2.75) is 32.9 Å². The summed E-state index contributed by atoms with van der Waals surface area (Å²) < 4.78 is 1.05. The van der Waals surface area contributed by atoms with Gasteiger partial charge in [-0.2, -0.15) is 0 Å². The molecule has 3 aromatic rings. The first-order valence-electron chi connectivity index (χ1n) is 9.63. The topological polar surface area (TPSA) is 83.0 Å². The Kier molecular flexibility index (Phi) is 5.62. The van der Waals surface area contributed by atoms with Crippen molar-refractivity contribution >= 4 is 44.4 Å². The highest BCUT2D eigenvalue weighted by atomic mass is 79.9. The number of halogens is 1. The summed E-state index contributed by atoms with van der Waals surface area (Å²) in [5, 5.41) is 7.38. The van der Waals surface area contributed by atoms with Gasteiger partial charge in [0.05, 0.1) is 11.7 Å². The second-order valence-corrected chi connectivity index (χ2v) is 8.21. The summed E-state index contributed by atoms with van der Waals surface area (Å²) in [5.74, 6) is 2.39. The van der Waals surface area contributed by atoms with Gasteiger partial charge in [-0.3, -0.25) is 4.79 Å². The van der Waals surface area contributed by atoms with E-state index >= 15 is 0 Å². The largest absolute Gasteiger partial charge is 0.365 e. The highest BCUT2D eigenvalue weighted by Crippen LogP contribution is 2.26. The van der Waals surface area contributed by atoms with Gasteiger partial charge in [0.15, 0.2) is 0 Å². The maximum atomic E-state index is 11.3. The number of nitrogens with one attached hydrogen (secondary N) is 2. The average molecular weight is 455 g/mol. The maximum Gasteiger partial charge on any atom is 0.217 e. The fourth-order valence-electron chi connectivity index (χ4n) is 3.65. The summed E-state index contributed by atoms with van der Waals surface area (Å²) in [6.07, 6.45) is 2.72. The molecule has 0 saturated carbocycles. The van der Waals surface area contributed by atoms with Crippen molar-refractivity contribution in [2.75, 3.05) is 23.3 Å². The molecule has 1 aromatic carbocycles. The number of carbonyl (C=O) groups excluding carboxylic acids is 1. The molecule has 0 aliphatic carbocycles.